The van der Waals surface area contributed by atoms with Crippen molar-refractivity contribution in [1.29, 1.82) is 0 Å². The van der Waals surface area contributed by atoms with E-state index < -0.39 is 44.7 Å². The van der Waals surface area contributed by atoms with E-state index in [1.54, 1.807) is 0 Å². The molecule has 2 aromatic rings. The highest BCUT2D eigenvalue weighted by atomic mass is 32.2. The average molecular weight is 345 g/mol. The molecule has 23 heavy (non-hydrogen) atoms. The summed E-state index contributed by atoms with van der Waals surface area (Å²) in [7, 11) is -3.25. The average Bonchev–Trinajstić information content (AvgIpc) is 2.49. The van der Waals surface area contributed by atoms with Crippen molar-refractivity contribution in [3.63, 3.8) is 0 Å². The Balaban J connectivity index is 2.43. The van der Waals surface area contributed by atoms with Gasteiger partial charge in [0.05, 0.1) is 23.3 Å². The predicted molar refractivity (Wildman–Crippen MR) is 74.9 cm³/mol. The van der Waals surface area contributed by atoms with E-state index in [4.69, 9.17) is 0 Å². The van der Waals surface area contributed by atoms with Gasteiger partial charge in [-0.25, -0.2) is 26.4 Å². The Morgan fingerprint density at radius 3 is 2.22 bits per heavy atom. The Hall–Kier alpha value is -2.55. The molecule has 0 spiro atoms. The largest absolute Gasteiger partial charge is 0.465 e. The van der Waals surface area contributed by atoms with Crippen LogP contribution in [0.4, 0.5) is 18.9 Å². The lowest BCUT2D eigenvalue weighted by Gasteiger charge is -2.11. The molecule has 0 aliphatic carbocycles. The summed E-state index contributed by atoms with van der Waals surface area (Å²) in [5, 5.41) is 0. The lowest BCUT2D eigenvalue weighted by atomic mass is 10.2. The smallest absolute Gasteiger partial charge is 0.340 e. The SMILES string of the molecule is COC(=O)c1cc(NS(=O)(=O)c2ccc(F)cc2)c(F)cc1F. The molecule has 0 amide bonds. The number of carbonyl (C=O) groups is 1. The minimum absolute atomic E-state index is 0.331. The minimum atomic E-state index is -4.25. The van der Waals surface area contributed by atoms with Crippen LogP contribution in [-0.4, -0.2) is 21.5 Å². The maximum Gasteiger partial charge on any atom is 0.340 e. The van der Waals surface area contributed by atoms with E-state index in [9.17, 15) is 26.4 Å². The topological polar surface area (TPSA) is 72.5 Å². The summed E-state index contributed by atoms with van der Waals surface area (Å²) < 4.78 is 70.4. The van der Waals surface area contributed by atoms with Gasteiger partial charge in [-0.2, -0.15) is 0 Å². The van der Waals surface area contributed by atoms with Crippen molar-refractivity contribution in [3.8, 4) is 0 Å². The first-order chi connectivity index (χ1) is 10.7. The van der Waals surface area contributed by atoms with Crippen LogP contribution in [0.2, 0.25) is 0 Å². The van der Waals surface area contributed by atoms with Crippen LogP contribution in [0.5, 0.6) is 0 Å². The minimum Gasteiger partial charge on any atom is -0.465 e. The van der Waals surface area contributed by atoms with Gasteiger partial charge in [-0.05, 0) is 30.3 Å². The van der Waals surface area contributed by atoms with Gasteiger partial charge in [0.25, 0.3) is 10.0 Å². The highest BCUT2D eigenvalue weighted by Crippen LogP contribution is 2.23. The summed E-state index contributed by atoms with van der Waals surface area (Å²) in [5.74, 6) is -4.16. The lowest BCUT2D eigenvalue weighted by Crippen LogP contribution is -2.15. The zero-order valence-electron chi connectivity index (χ0n) is 11.6. The van der Waals surface area contributed by atoms with E-state index in [2.05, 4.69) is 4.74 Å². The number of rotatable bonds is 4. The lowest BCUT2D eigenvalue weighted by molar-refractivity contribution is 0.0595. The number of carbonyl (C=O) groups excluding carboxylic acids is 1. The molecular weight excluding hydrogens is 335 g/mol. The van der Waals surface area contributed by atoms with Gasteiger partial charge in [0, 0.05) is 6.07 Å². The first-order valence-electron chi connectivity index (χ1n) is 6.10. The molecule has 0 radical (unpaired) electrons. The fourth-order valence-corrected chi connectivity index (χ4v) is 2.77. The van der Waals surface area contributed by atoms with Gasteiger partial charge < -0.3 is 4.74 Å². The molecule has 5 nitrogen and oxygen atoms in total. The molecule has 0 heterocycles. The van der Waals surface area contributed by atoms with Crippen molar-refractivity contribution in [2.24, 2.45) is 0 Å². The fourth-order valence-electron chi connectivity index (χ4n) is 1.71. The third-order valence-electron chi connectivity index (χ3n) is 2.83. The first-order valence-corrected chi connectivity index (χ1v) is 7.58. The highest BCUT2D eigenvalue weighted by molar-refractivity contribution is 7.92. The van der Waals surface area contributed by atoms with Crippen LogP contribution in [0.3, 0.4) is 0 Å². The molecular formula is C14H10F3NO4S. The number of ether oxygens (including phenoxy) is 1. The third-order valence-corrected chi connectivity index (χ3v) is 4.21. The Labute approximate surface area is 129 Å². The molecule has 0 aliphatic heterocycles. The molecule has 122 valence electrons. The molecule has 0 aliphatic rings. The zero-order valence-corrected chi connectivity index (χ0v) is 12.5. The molecule has 2 rings (SSSR count). The molecule has 0 atom stereocenters. The van der Waals surface area contributed by atoms with Gasteiger partial charge >= 0.3 is 5.97 Å². The molecule has 0 saturated heterocycles. The number of methoxy groups -OCH3 is 1. The van der Waals surface area contributed by atoms with E-state index >= 15 is 0 Å². The number of benzene rings is 2. The summed E-state index contributed by atoms with van der Waals surface area (Å²) >= 11 is 0. The highest BCUT2D eigenvalue weighted by Gasteiger charge is 2.21. The van der Waals surface area contributed by atoms with Crippen molar-refractivity contribution >= 4 is 21.7 Å². The quantitative estimate of drug-likeness (QED) is 0.865. The maximum absolute atomic E-state index is 13.7. The van der Waals surface area contributed by atoms with Gasteiger partial charge in [0.1, 0.15) is 17.5 Å². The van der Waals surface area contributed by atoms with Crippen LogP contribution in [-0.2, 0) is 14.8 Å². The van der Waals surface area contributed by atoms with Gasteiger partial charge in [-0.3, -0.25) is 4.72 Å². The van der Waals surface area contributed by atoms with Gasteiger partial charge in [-0.1, -0.05) is 0 Å². The van der Waals surface area contributed by atoms with Crippen molar-refractivity contribution in [3.05, 3.63) is 59.4 Å². The van der Waals surface area contributed by atoms with Crippen LogP contribution < -0.4 is 4.72 Å². The number of hydrogen-bond acceptors (Lipinski definition) is 4. The fraction of sp³-hybridized carbons (Fsp3) is 0.0714. The molecule has 0 saturated carbocycles. The molecule has 0 unspecified atom stereocenters. The Bertz CT molecular complexity index is 851. The monoisotopic (exact) mass is 345 g/mol. The summed E-state index contributed by atoms with van der Waals surface area (Å²) in [5.41, 5.74) is -1.28. The number of halogens is 3. The Morgan fingerprint density at radius 1 is 1.04 bits per heavy atom. The van der Waals surface area contributed by atoms with E-state index in [0.29, 0.717) is 12.1 Å². The number of anilines is 1. The Morgan fingerprint density at radius 2 is 1.65 bits per heavy atom. The number of esters is 1. The van der Waals surface area contributed by atoms with Crippen LogP contribution in [0, 0.1) is 17.5 Å². The van der Waals surface area contributed by atoms with E-state index in [1.807, 2.05) is 4.72 Å². The Kier molecular flexibility index (Phi) is 4.60. The second kappa shape index (κ2) is 6.29. The van der Waals surface area contributed by atoms with Crippen molar-refractivity contribution < 1.29 is 31.1 Å². The van der Waals surface area contributed by atoms with Crippen LogP contribution in [0.1, 0.15) is 10.4 Å². The third kappa shape index (κ3) is 3.62. The normalized spacial score (nSPS) is 11.1. The van der Waals surface area contributed by atoms with Gasteiger partial charge in [-0.15, -0.1) is 0 Å². The molecule has 9 heteroatoms. The van der Waals surface area contributed by atoms with Crippen LogP contribution in [0.25, 0.3) is 0 Å². The first kappa shape index (κ1) is 16.8. The van der Waals surface area contributed by atoms with Gasteiger partial charge in [0.2, 0.25) is 0 Å². The summed E-state index contributed by atoms with van der Waals surface area (Å²) in [4.78, 5) is 11.0. The maximum atomic E-state index is 13.7. The zero-order chi connectivity index (χ0) is 17.2. The van der Waals surface area contributed by atoms with Crippen LogP contribution >= 0.6 is 0 Å². The van der Waals surface area contributed by atoms with Crippen molar-refractivity contribution in [1.82, 2.24) is 0 Å². The molecule has 0 bridgehead atoms. The molecule has 0 fully saturated rings. The van der Waals surface area contributed by atoms with Gasteiger partial charge in [0.15, 0.2) is 0 Å². The predicted octanol–water partition coefficient (Wildman–Crippen LogP) is 2.69. The number of sulfonamides is 1. The summed E-state index contributed by atoms with van der Waals surface area (Å²) in [6.07, 6.45) is 0. The van der Waals surface area contributed by atoms with Crippen molar-refractivity contribution in [2.45, 2.75) is 4.90 Å². The van der Waals surface area contributed by atoms with E-state index in [-0.39, 0.29) is 4.90 Å². The van der Waals surface area contributed by atoms with E-state index in [0.717, 1.165) is 31.4 Å². The van der Waals surface area contributed by atoms with Crippen molar-refractivity contribution in [2.75, 3.05) is 11.8 Å². The standard InChI is InChI=1S/C14H10F3NO4S/c1-22-14(19)10-6-13(12(17)7-11(10)16)18-23(20,21)9-4-2-8(15)3-5-9/h2-7,18H,1H3. The summed E-state index contributed by atoms with van der Waals surface area (Å²) in [6, 6.07) is 4.80. The second-order valence-corrected chi connectivity index (χ2v) is 6.05. The van der Waals surface area contributed by atoms with Crippen LogP contribution in [0.15, 0.2) is 41.3 Å². The number of hydrogen-bond donors (Lipinski definition) is 1. The molecule has 1 N–H and O–H groups in total. The molecule has 2 aromatic carbocycles. The van der Waals surface area contributed by atoms with E-state index in [1.165, 1.54) is 0 Å². The molecule has 0 aromatic heterocycles. The summed E-state index contributed by atoms with van der Waals surface area (Å²) in [6.45, 7) is 0. The second-order valence-electron chi connectivity index (χ2n) is 4.36. The number of nitrogens with one attached hydrogen (secondary N) is 1.